The summed E-state index contributed by atoms with van der Waals surface area (Å²) in [4.78, 5) is 0. The van der Waals surface area contributed by atoms with Crippen molar-refractivity contribution in [1.29, 1.82) is 0 Å². The average Bonchev–Trinajstić information content (AvgIpc) is 2.37. The summed E-state index contributed by atoms with van der Waals surface area (Å²) in [7, 11) is 0. The Morgan fingerprint density at radius 1 is 0.905 bits per heavy atom. The molecule has 0 saturated carbocycles. The highest BCUT2D eigenvalue weighted by Gasteiger charge is 2.14. The van der Waals surface area contributed by atoms with E-state index in [-0.39, 0.29) is 6.10 Å². The van der Waals surface area contributed by atoms with Crippen molar-refractivity contribution < 1.29 is 5.11 Å². The van der Waals surface area contributed by atoms with Crippen LogP contribution in [0.1, 0.15) is 66.7 Å². The largest absolute Gasteiger partial charge is 0.388 e. The highest BCUT2D eigenvalue weighted by molar-refractivity contribution is 5.23. The van der Waals surface area contributed by atoms with E-state index >= 15 is 0 Å². The molecule has 0 aromatic heterocycles. The number of aliphatic hydroxyl groups excluding tert-OH is 1. The lowest BCUT2D eigenvalue weighted by Crippen LogP contribution is -2.15. The summed E-state index contributed by atoms with van der Waals surface area (Å²) >= 11 is 0. The Balaban J connectivity index is 3.00. The third-order valence-corrected chi connectivity index (χ3v) is 4.19. The van der Waals surface area contributed by atoms with Gasteiger partial charge in [-0.2, -0.15) is 0 Å². The Morgan fingerprint density at radius 2 is 1.48 bits per heavy atom. The van der Waals surface area contributed by atoms with E-state index in [1.165, 1.54) is 16.7 Å². The minimum atomic E-state index is -0.357. The van der Waals surface area contributed by atoms with Gasteiger partial charge in [0.15, 0.2) is 0 Å². The summed E-state index contributed by atoms with van der Waals surface area (Å²) in [6.45, 7) is 10.9. The molecule has 0 amide bonds. The molecule has 0 spiro atoms. The third kappa shape index (κ3) is 6.95. The molecule has 0 aromatic rings. The first-order valence-electron chi connectivity index (χ1n) is 8.26. The van der Waals surface area contributed by atoms with Crippen molar-refractivity contribution in [2.75, 3.05) is 0 Å². The molecule has 0 saturated heterocycles. The van der Waals surface area contributed by atoms with Gasteiger partial charge >= 0.3 is 0 Å². The summed E-state index contributed by atoms with van der Waals surface area (Å²) < 4.78 is 0. The van der Waals surface area contributed by atoms with E-state index in [0.717, 1.165) is 37.7 Å². The SMILES string of the molecule is C/C1=C/C=C(/C(C)C)C(O)C/C(C)=C/CC/C(C)=C/CC1. The minimum absolute atomic E-state index is 0.357. The van der Waals surface area contributed by atoms with E-state index in [0.29, 0.717) is 5.92 Å². The van der Waals surface area contributed by atoms with E-state index in [1.54, 1.807) is 0 Å². The van der Waals surface area contributed by atoms with Crippen molar-refractivity contribution in [3.63, 3.8) is 0 Å². The monoisotopic (exact) mass is 288 g/mol. The maximum absolute atomic E-state index is 10.5. The maximum Gasteiger partial charge on any atom is 0.0792 e. The fourth-order valence-electron chi connectivity index (χ4n) is 2.71. The van der Waals surface area contributed by atoms with Crippen LogP contribution in [-0.4, -0.2) is 11.2 Å². The molecular weight excluding hydrogens is 256 g/mol. The molecule has 0 aliphatic heterocycles. The van der Waals surface area contributed by atoms with Crippen LogP contribution >= 0.6 is 0 Å². The van der Waals surface area contributed by atoms with Crippen molar-refractivity contribution in [2.45, 2.75) is 72.8 Å². The molecule has 0 heterocycles. The van der Waals surface area contributed by atoms with Crippen LogP contribution in [0, 0.1) is 5.92 Å². The van der Waals surface area contributed by atoms with Gasteiger partial charge in [-0.1, -0.05) is 54.9 Å². The Kier molecular flexibility index (Phi) is 7.74. The highest BCUT2D eigenvalue weighted by atomic mass is 16.3. The molecular formula is C20H32O. The highest BCUT2D eigenvalue weighted by Crippen LogP contribution is 2.22. The Hall–Kier alpha value is -1.08. The van der Waals surface area contributed by atoms with E-state index in [2.05, 4.69) is 58.9 Å². The third-order valence-electron chi connectivity index (χ3n) is 4.19. The molecule has 1 N–H and O–H groups in total. The summed E-state index contributed by atoms with van der Waals surface area (Å²) in [6, 6.07) is 0. The van der Waals surface area contributed by atoms with Crippen molar-refractivity contribution >= 4 is 0 Å². The van der Waals surface area contributed by atoms with Crippen molar-refractivity contribution in [3.8, 4) is 0 Å². The topological polar surface area (TPSA) is 20.2 Å². The van der Waals surface area contributed by atoms with Crippen LogP contribution in [0.2, 0.25) is 0 Å². The first kappa shape index (κ1) is 18.0. The van der Waals surface area contributed by atoms with E-state index in [9.17, 15) is 5.11 Å². The molecule has 0 bridgehead atoms. The van der Waals surface area contributed by atoms with Gasteiger partial charge in [-0.05, 0) is 64.4 Å². The molecule has 1 atom stereocenters. The normalized spacial score (nSPS) is 32.8. The second-order valence-electron chi connectivity index (χ2n) is 6.73. The molecule has 1 heteroatoms. The quantitative estimate of drug-likeness (QED) is 0.611. The molecule has 0 radical (unpaired) electrons. The standard InChI is InChI=1S/C20H32O/c1-15(2)19-13-12-17(4)10-6-8-16(3)9-7-11-18(5)14-20(19)21/h8,11-13,15,20-21H,6-7,9-10,14H2,1-5H3/b16-8+,17-12-,18-11+,19-13-. The van der Waals surface area contributed by atoms with Gasteiger partial charge in [0.1, 0.15) is 0 Å². The Morgan fingerprint density at radius 3 is 2.10 bits per heavy atom. The number of hydrogen-bond acceptors (Lipinski definition) is 1. The van der Waals surface area contributed by atoms with Crippen LogP contribution in [0.5, 0.6) is 0 Å². The van der Waals surface area contributed by atoms with Gasteiger partial charge in [0.25, 0.3) is 0 Å². The Bertz CT molecular complexity index is 446. The summed E-state index contributed by atoms with van der Waals surface area (Å²) in [5.74, 6) is 0.381. The molecule has 1 nitrogen and oxygen atoms in total. The fraction of sp³-hybridized carbons (Fsp3) is 0.600. The van der Waals surface area contributed by atoms with Gasteiger partial charge in [0, 0.05) is 0 Å². The van der Waals surface area contributed by atoms with Crippen LogP contribution < -0.4 is 0 Å². The van der Waals surface area contributed by atoms with E-state index in [4.69, 9.17) is 0 Å². The second kappa shape index (κ2) is 9.04. The van der Waals surface area contributed by atoms with Gasteiger partial charge in [-0.25, -0.2) is 0 Å². The zero-order valence-electron chi connectivity index (χ0n) is 14.4. The van der Waals surface area contributed by atoms with E-state index < -0.39 is 0 Å². The number of aliphatic hydroxyl groups is 1. The predicted molar refractivity (Wildman–Crippen MR) is 93.3 cm³/mol. The molecule has 0 aromatic carbocycles. The van der Waals surface area contributed by atoms with Gasteiger partial charge in [-0.3, -0.25) is 0 Å². The lowest BCUT2D eigenvalue weighted by molar-refractivity contribution is 0.200. The maximum atomic E-state index is 10.5. The number of hydrogen-bond donors (Lipinski definition) is 1. The van der Waals surface area contributed by atoms with Crippen LogP contribution in [0.15, 0.2) is 46.6 Å². The van der Waals surface area contributed by atoms with Gasteiger partial charge in [0.05, 0.1) is 6.10 Å². The van der Waals surface area contributed by atoms with Crippen LogP contribution in [0.25, 0.3) is 0 Å². The molecule has 1 rings (SSSR count). The number of allylic oxidation sites excluding steroid dienone is 6. The van der Waals surface area contributed by atoms with Crippen molar-refractivity contribution in [2.24, 2.45) is 5.92 Å². The van der Waals surface area contributed by atoms with Gasteiger partial charge < -0.3 is 5.11 Å². The van der Waals surface area contributed by atoms with Crippen LogP contribution in [0.4, 0.5) is 0 Å². The number of rotatable bonds is 1. The minimum Gasteiger partial charge on any atom is -0.388 e. The first-order valence-corrected chi connectivity index (χ1v) is 8.26. The van der Waals surface area contributed by atoms with Crippen molar-refractivity contribution in [1.82, 2.24) is 0 Å². The zero-order chi connectivity index (χ0) is 15.8. The van der Waals surface area contributed by atoms with Crippen LogP contribution in [-0.2, 0) is 0 Å². The summed E-state index contributed by atoms with van der Waals surface area (Å²) in [5, 5.41) is 10.5. The van der Waals surface area contributed by atoms with Crippen LogP contribution in [0.3, 0.4) is 0 Å². The summed E-state index contributed by atoms with van der Waals surface area (Å²) in [6.07, 6.45) is 13.8. The zero-order valence-corrected chi connectivity index (χ0v) is 14.4. The Labute approximate surface area is 131 Å². The van der Waals surface area contributed by atoms with Gasteiger partial charge in [-0.15, -0.1) is 0 Å². The van der Waals surface area contributed by atoms with Crippen molar-refractivity contribution in [3.05, 3.63) is 46.6 Å². The lowest BCUT2D eigenvalue weighted by Gasteiger charge is -2.19. The average molecular weight is 288 g/mol. The first-order chi connectivity index (χ1) is 9.90. The second-order valence-corrected chi connectivity index (χ2v) is 6.73. The molecule has 1 unspecified atom stereocenters. The fourth-order valence-corrected chi connectivity index (χ4v) is 2.71. The molecule has 1 aliphatic rings. The smallest absolute Gasteiger partial charge is 0.0792 e. The lowest BCUT2D eigenvalue weighted by atomic mass is 9.92. The predicted octanol–water partition coefficient (Wildman–Crippen LogP) is 5.73. The molecule has 0 fully saturated rings. The molecule has 1 aliphatic carbocycles. The van der Waals surface area contributed by atoms with Gasteiger partial charge in [0.2, 0.25) is 0 Å². The summed E-state index contributed by atoms with van der Waals surface area (Å²) in [5.41, 5.74) is 5.29. The molecule has 21 heavy (non-hydrogen) atoms. The molecule has 118 valence electrons. The van der Waals surface area contributed by atoms with E-state index in [1.807, 2.05) is 0 Å².